The molecule has 5 heteroatoms. The fourth-order valence-corrected chi connectivity index (χ4v) is 1.68. The molecule has 20 heavy (non-hydrogen) atoms. The van der Waals surface area contributed by atoms with Gasteiger partial charge in [-0.2, -0.15) is 0 Å². The number of carbonyl (C=O) groups excluding carboxylic acids is 1. The molecule has 0 unspecified atom stereocenters. The summed E-state index contributed by atoms with van der Waals surface area (Å²) in [7, 11) is 3.93. The Morgan fingerprint density at radius 3 is 2.50 bits per heavy atom. The molecule has 112 valence electrons. The maximum Gasteiger partial charge on any atom is 0.317 e. The molecule has 1 rings (SSSR count). The molecule has 1 aromatic rings. The van der Waals surface area contributed by atoms with Crippen molar-refractivity contribution in [2.24, 2.45) is 0 Å². The van der Waals surface area contributed by atoms with Gasteiger partial charge >= 0.3 is 6.03 Å². The lowest BCUT2D eigenvalue weighted by atomic mass is 10.1. The first-order valence-corrected chi connectivity index (χ1v) is 7.00. The molecule has 0 aromatic heterocycles. The van der Waals surface area contributed by atoms with Crippen LogP contribution in [0, 0.1) is 0 Å². The number of nitrogens with zero attached hydrogens (tertiary/aromatic N) is 1. The highest BCUT2D eigenvalue weighted by molar-refractivity contribution is 5.73. The Balaban J connectivity index is 2.18. The van der Waals surface area contributed by atoms with Gasteiger partial charge in [0.15, 0.2) is 6.73 Å². The van der Waals surface area contributed by atoms with Crippen molar-refractivity contribution < 1.29 is 9.53 Å². The minimum absolute atomic E-state index is 0.168. The minimum atomic E-state index is -0.213. The molecule has 0 aliphatic heterocycles. The van der Waals surface area contributed by atoms with Crippen molar-refractivity contribution in [3.8, 4) is 5.75 Å². The van der Waals surface area contributed by atoms with Crippen LogP contribution in [0.15, 0.2) is 24.3 Å². The molecule has 0 atom stereocenters. The lowest BCUT2D eigenvalue weighted by Crippen LogP contribution is -2.40. The van der Waals surface area contributed by atoms with Crippen LogP contribution < -0.4 is 15.4 Å². The third-order valence-corrected chi connectivity index (χ3v) is 2.78. The monoisotopic (exact) mass is 279 g/mol. The first-order valence-electron chi connectivity index (χ1n) is 7.00. The van der Waals surface area contributed by atoms with Crippen molar-refractivity contribution in [3.63, 3.8) is 0 Å². The first kappa shape index (κ1) is 16.3. The fourth-order valence-electron chi connectivity index (χ4n) is 1.68. The Hall–Kier alpha value is -1.75. The number of urea groups is 1. The number of amides is 2. The largest absolute Gasteiger partial charge is 0.473 e. The molecule has 0 aliphatic rings. The van der Waals surface area contributed by atoms with Gasteiger partial charge in [-0.25, -0.2) is 4.79 Å². The van der Waals surface area contributed by atoms with Gasteiger partial charge in [-0.15, -0.1) is 0 Å². The molecule has 0 spiro atoms. The van der Waals surface area contributed by atoms with Gasteiger partial charge in [0, 0.05) is 13.1 Å². The lowest BCUT2D eigenvalue weighted by molar-refractivity contribution is 0.223. The van der Waals surface area contributed by atoms with Gasteiger partial charge in [-0.3, -0.25) is 0 Å². The second kappa shape index (κ2) is 9.20. The highest BCUT2D eigenvalue weighted by Crippen LogP contribution is 2.12. The SMILES string of the molecule is CCCc1ccc(OCNC(=O)NCCN(C)C)cc1. The summed E-state index contributed by atoms with van der Waals surface area (Å²) in [5.41, 5.74) is 1.30. The molecule has 2 N–H and O–H groups in total. The summed E-state index contributed by atoms with van der Waals surface area (Å²) >= 11 is 0. The Bertz CT molecular complexity index is 391. The molecular weight excluding hydrogens is 254 g/mol. The van der Waals surface area contributed by atoms with E-state index in [1.54, 1.807) is 0 Å². The number of rotatable bonds is 8. The van der Waals surface area contributed by atoms with Crippen molar-refractivity contribution in [3.05, 3.63) is 29.8 Å². The molecule has 0 fully saturated rings. The zero-order valence-electron chi connectivity index (χ0n) is 12.6. The Morgan fingerprint density at radius 1 is 1.20 bits per heavy atom. The average molecular weight is 279 g/mol. The van der Waals surface area contributed by atoms with Crippen molar-refractivity contribution in [2.45, 2.75) is 19.8 Å². The minimum Gasteiger partial charge on any atom is -0.473 e. The number of nitrogens with one attached hydrogen (secondary N) is 2. The number of hydrogen-bond donors (Lipinski definition) is 2. The molecule has 2 amide bonds. The number of hydrogen-bond acceptors (Lipinski definition) is 3. The van der Waals surface area contributed by atoms with E-state index >= 15 is 0 Å². The van der Waals surface area contributed by atoms with Crippen molar-refractivity contribution >= 4 is 6.03 Å². The molecule has 5 nitrogen and oxygen atoms in total. The van der Waals surface area contributed by atoms with Crippen LogP contribution in [-0.4, -0.2) is 44.8 Å². The second-order valence-corrected chi connectivity index (χ2v) is 4.92. The summed E-state index contributed by atoms with van der Waals surface area (Å²) < 4.78 is 5.45. The lowest BCUT2D eigenvalue weighted by Gasteiger charge is -2.12. The topological polar surface area (TPSA) is 53.6 Å². The van der Waals surface area contributed by atoms with Gasteiger partial charge in [0.1, 0.15) is 5.75 Å². The summed E-state index contributed by atoms with van der Waals surface area (Å²) in [5.74, 6) is 0.762. The highest BCUT2D eigenvalue weighted by Gasteiger charge is 2.00. The predicted octanol–water partition coefficient (Wildman–Crippen LogP) is 1.84. The van der Waals surface area contributed by atoms with Crippen LogP contribution in [0.4, 0.5) is 4.79 Å². The van der Waals surface area contributed by atoms with Crippen LogP contribution in [0.2, 0.25) is 0 Å². The van der Waals surface area contributed by atoms with Gasteiger partial charge < -0.3 is 20.3 Å². The molecule has 0 heterocycles. The Labute approximate surface area is 121 Å². The molecule has 0 radical (unpaired) electrons. The molecule has 0 bridgehead atoms. The predicted molar refractivity (Wildman–Crippen MR) is 81.0 cm³/mol. The molecule has 0 aliphatic carbocycles. The maximum atomic E-state index is 11.4. The summed E-state index contributed by atoms with van der Waals surface area (Å²) in [4.78, 5) is 13.4. The van der Waals surface area contributed by atoms with E-state index < -0.39 is 0 Å². The second-order valence-electron chi connectivity index (χ2n) is 4.92. The normalized spacial score (nSPS) is 10.4. The number of ether oxygens (including phenoxy) is 1. The molecular formula is C15H25N3O2. The number of benzene rings is 1. The van der Waals surface area contributed by atoms with Crippen molar-refractivity contribution in [2.75, 3.05) is 33.9 Å². The van der Waals surface area contributed by atoms with E-state index in [2.05, 4.69) is 29.7 Å². The number of carbonyl (C=O) groups is 1. The molecule has 0 saturated heterocycles. The Morgan fingerprint density at radius 2 is 1.90 bits per heavy atom. The maximum absolute atomic E-state index is 11.4. The van der Waals surface area contributed by atoms with E-state index in [0.717, 1.165) is 25.1 Å². The first-order chi connectivity index (χ1) is 9.61. The van der Waals surface area contributed by atoms with E-state index in [-0.39, 0.29) is 12.8 Å². The summed E-state index contributed by atoms with van der Waals surface area (Å²) in [6.07, 6.45) is 2.21. The zero-order chi connectivity index (χ0) is 14.8. The third kappa shape index (κ3) is 6.99. The van der Waals surface area contributed by atoms with Crippen LogP contribution in [0.5, 0.6) is 5.75 Å². The van der Waals surface area contributed by atoms with Crippen LogP contribution in [0.3, 0.4) is 0 Å². The van der Waals surface area contributed by atoms with Gasteiger partial charge in [0.05, 0.1) is 0 Å². The van der Waals surface area contributed by atoms with Gasteiger partial charge in [-0.1, -0.05) is 25.5 Å². The third-order valence-electron chi connectivity index (χ3n) is 2.78. The quantitative estimate of drug-likeness (QED) is 0.714. The van der Waals surface area contributed by atoms with Gasteiger partial charge in [-0.05, 0) is 38.2 Å². The highest BCUT2D eigenvalue weighted by atomic mass is 16.5. The summed E-state index contributed by atoms with van der Waals surface area (Å²) in [5, 5.41) is 5.41. The number of aryl methyl sites for hydroxylation is 1. The zero-order valence-corrected chi connectivity index (χ0v) is 12.6. The van der Waals surface area contributed by atoms with Crippen LogP contribution in [-0.2, 0) is 6.42 Å². The van der Waals surface area contributed by atoms with Crippen LogP contribution >= 0.6 is 0 Å². The van der Waals surface area contributed by atoms with E-state index in [9.17, 15) is 4.79 Å². The van der Waals surface area contributed by atoms with Crippen LogP contribution in [0.25, 0.3) is 0 Å². The Kier molecular flexibility index (Phi) is 7.50. The van der Waals surface area contributed by atoms with Crippen LogP contribution in [0.1, 0.15) is 18.9 Å². The van der Waals surface area contributed by atoms with E-state index in [0.29, 0.717) is 6.54 Å². The van der Waals surface area contributed by atoms with E-state index in [1.807, 2.05) is 31.1 Å². The van der Waals surface area contributed by atoms with E-state index in [1.165, 1.54) is 5.56 Å². The fraction of sp³-hybridized carbons (Fsp3) is 0.533. The van der Waals surface area contributed by atoms with Crippen molar-refractivity contribution in [1.82, 2.24) is 15.5 Å². The standard InChI is InChI=1S/C15H25N3O2/c1-4-5-13-6-8-14(9-7-13)20-12-17-15(19)16-10-11-18(2)3/h6-9H,4-5,10-12H2,1-3H3,(H2,16,17,19). The van der Waals surface area contributed by atoms with Gasteiger partial charge in [0.25, 0.3) is 0 Å². The summed E-state index contributed by atoms with van der Waals surface area (Å²) in [6, 6.07) is 7.74. The van der Waals surface area contributed by atoms with Crippen molar-refractivity contribution in [1.29, 1.82) is 0 Å². The number of likely N-dealkylation sites (N-methyl/N-ethyl adjacent to an activating group) is 1. The molecule has 1 aromatic carbocycles. The molecule has 0 saturated carbocycles. The summed E-state index contributed by atoms with van der Waals surface area (Å²) in [6.45, 7) is 3.75. The van der Waals surface area contributed by atoms with E-state index in [4.69, 9.17) is 4.74 Å². The van der Waals surface area contributed by atoms with Gasteiger partial charge in [0.2, 0.25) is 0 Å². The average Bonchev–Trinajstić information content (AvgIpc) is 2.40. The smallest absolute Gasteiger partial charge is 0.317 e.